The standard InChI is InChI=1S/C26H31N3O6/c1-34-25(32)19-7-3-17(4-8-19)11-13-28-23(30)21-15-27-16-22(21)24(31)29-14-12-18-5-9-20(10-6-18)26(33)35-2/h3-10,21-22,27H,11-16H2,1-2H3,(H,28,30)(H,29,31)/t21-,22-/m1/s1. The Morgan fingerprint density at radius 2 is 1.09 bits per heavy atom. The van der Waals surface area contributed by atoms with Crippen molar-refractivity contribution in [1.82, 2.24) is 16.0 Å². The molecule has 0 spiro atoms. The van der Waals surface area contributed by atoms with Crippen molar-refractivity contribution in [2.24, 2.45) is 11.8 Å². The number of methoxy groups -OCH3 is 2. The molecular weight excluding hydrogens is 450 g/mol. The lowest BCUT2D eigenvalue weighted by Gasteiger charge is -2.18. The molecule has 1 aliphatic rings. The Hall–Kier alpha value is -3.72. The highest BCUT2D eigenvalue weighted by Gasteiger charge is 2.37. The van der Waals surface area contributed by atoms with Gasteiger partial charge in [0.15, 0.2) is 0 Å². The highest BCUT2D eigenvalue weighted by Crippen LogP contribution is 2.17. The summed E-state index contributed by atoms with van der Waals surface area (Å²) < 4.78 is 9.38. The van der Waals surface area contributed by atoms with Crippen LogP contribution in [0, 0.1) is 11.8 Å². The van der Waals surface area contributed by atoms with Crippen molar-refractivity contribution in [3.63, 3.8) is 0 Å². The molecule has 9 nitrogen and oxygen atoms in total. The summed E-state index contributed by atoms with van der Waals surface area (Å²) in [6.45, 7) is 1.77. The quantitative estimate of drug-likeness (QED) is 0.435. The number of rotatable bonds is 10. The number of amides is 2. The number of hydrogen-bond acceptors (Lipinski definition) is 7. The number of nitrogens with one attached hydrogen (secondary N) is 3. The van der Waals surface area contributed by atoms with Crippen molar-refractivity contribution in [3.05, 3.63) is 70.8 Å². The van der Waals surface area contributed by atoms with Gasteiger partial charge in [0.25, 0.3) is 0 Å². The van der Waals surface area contributed by atoms with Crippen LogP contribution in [0.15, 0.2) is 48.5 Å². The zero-order valence-corrected chi connectivity index (χ0v) is 20.0. The summed E-state index contributed by atoms with van der Waals surface area (Å²) >= 11 is 0. The number of benzene rings is 2. The topological polar surface area (TPSA) is 123 Å². The Labute approximate surface area is 204 Å². The molecule has 2 amide bonds. The third-order valence-electron chi connectivity index (χ3n) is 6.06. The van der Waals surface area contributed by atoms with Crippen LogP contribution in [0.1, 0.15) is 31.8 Å². The van der Waals surface area contributed by atoms with E-state index >= 15 is 0 Å². The van der Waals surface area contributed by atoms with Crippen molar-refractivity contribution in [2.75, 3.05) is 40.4 Å². The summed E-state index contributed by atoms with van der Waals surface area (Å²) in [7, 11) is 2.67. The van der Waals surface area contributed by atoms with E-state index in [1.54, 1.807) is 24.3 Å². The molecule has 3 N–H and O–H groups in total. The lowest BCUT2D eigenvalue weighted by Crippen LogP contribution is -2.42. The van der Waals surface area contributed by atoms with Crippen LogP contribution in [-0.4, -0.2) is 64.2 Å². The Kier molecular flexibility index (Phi) is 9.37. The number of hydrogen-bond donors (Lipinski definition) is 3. The van der Waals surface area contributed by atoms with E-state index in [0.717, 1.165) is 11.1 Å². The van der Waals surface area contributed by atoms with Gasteiger partial charge in [-0.2, -0.15) is 0 Å². The zero-order chi connectivity index (χ0) is 25.2. The highest BCUT2D eigenvalue weighted by atomic mass is 16.5. The third kappa shape index (κ3) is 7.13. The van der Waals surface area contributed by atoms with E-state index in [0.29, 0.717) is 50.1 Å². The lowest BCUT2D eigenvalue weighted by molar-refractivity contribution is -0.132. The van der Waals surface area contributed by atoms with Gasteiger partial charge in [0.1, 0.15) is 0 Å². The average molecular weight is 482 g/mol. The van der Waals surface area contributed by atoms with E-state index in [1.165, 1.54) is 14.2 Å². The molecule has 0 unspecified atom stereocenters. The molecule has 2 aromatic carbocycles. The van der Waals surface area contributed by atoms with Gasteiger partial charge in [-0.05, 0) is 48.2 Å². The number of ether oxygens (including phenoxy) is 2. The fourth-order valence-electron chi connectivity index (χ4n) is 4.00. The van der Waals surface area contributed by atoms with Gasteiger partial charge >= 0.3 is 11.9 Å². The first kappa shape index (κ1) is 25.9. The van der Waals surface area contributed by atoms with Crippen LogP contribution < -0.4 is 16.0 Å². The molecule has 9 heteroatoms. The lowest BCUT2D eigenvalue weighted by atomic mass is 9.94. The maximum Gasteiger partial charge on any atom is 0.337 e. The van der Waals surface area contributed by atoms with Crippen molar-refractivity contribution in [3.8, 4) is 0 Å². The van der Waals surface area contributed by atoms with Crippen molar-refractivity contribution >= 4 is 23.8 Å². The molecule has 0 aromatic heterocycles. The predicted octanol–water partition coefficient (Wildman–Crippen LogP) is 1.11. The summed E-state index contributed by atoms with van der Waals surface area (Å²) in [4.78, 5) is 48.4. The molecule has 2 aromatic rings. The Balaban J connectivity index is 1.42. The molecule has 0 aliphatic carbocycles. The minimum Gasteiger partial charge on any atom is -0.465 e. The monoisotopic (exact) mass is 481 g/mol. The zero-order valence-electron chi connectivity index (χ0n) is 20.0. The SMILES string of the molecule is COC(=O)c1ccc(CCNC(=O)[C@@H]2CNC[C@H]2C(=O)NCCc2ccc(C(=O)OC)cc2)cc1. The minimum atomic E-state index is -0.434. The smallest absolute Gasteiger partial charge is 0.337 e. The van der Waals surface area contributed by atoms with Crippen LogP contribution in [-0.2, 0) is 31.9 Å². The Bertz CT molecular complexity index is 953. The van der Waals surface area contributed by atoms with Gasteiger partial charge < -0.3 is 25.4 Å². The molecule has 0 radical (unpaired) electrons. The fraction of sp³-hybridized carbons (Fsp3) is 0.385. The molecule has 1 saturated heterocycles. The van der Waals surface area contributed by atoms with Crippen molar-refractivity contribution in [1.29, 1.82) is 0 Å². The van der Waals surface area contributed by atoms with Crippen LogP contribution in [0.4, 0.5) is 0 Å². The van der Waals surface area contributed by atoms with E-state index in [4.69, 9.17) is 0 Å². The van der Waals surface area contributed by atoms with E-state index in [2.05, 4.69) is 25.4 Å². The molecule has 1 heterocycles. The number of esters is 2. The first-order valence-corrected chi connectivity index (χ1v) is 11.5. The minimum absolute atomic E-state index is 0.153. The van der Waals surface area contributed by atoms with Gasteiger partial charge in [0.2, 0.25) is 11.8 Å². The van der Waals surface area contributed by atoms with Crippen molar-refractivity contribution in [2.45, 2.75) is 12.8 Å². The second-order valence-corrected chi connectivity index (χ2v) is 8.33. The molecule has 0 saturated carbocycles. The van der Waals surface area contributed by atoms with E-state index in [9.17, 15) is 19.2 Å². The molecular formula is C26H31N3O6. The summed E-state index contributed by atoms with van der Waals surface area (Å²) in [5.74, 6) is -1.95. The number of carbonyl (C=O) groups is 4. The molecule has 3 rings (SSSR count). The maximum absolute atomic E-state index is 12.7. The predicted molar refractivity (Wildman–Crippen MR) is 129 cm³/mol. The van der Waals surface area contributed by atoms with Gasteiger partial charge in [-0.3, -0.25) is 9.59 Å². The first-order valence-electron chi connectivity index (χ1n) is 11.5. The van der Waals surface area contributed by atoms with Crippen LogP contribution in [0.2, 0.25) is 0 Å². The summed E-state index contributed by atoms with van der Waals surface area (Å²) in [5.41, 5.74) is 2.92. The van der Waals surface area contributed by atoms with Crippen LogP contribution in [0.25, 0.3) is 0 Å². The van der Waals surface area contributed by atoms with Gasteiger partial charge in [0, 0.05) is 26.2 Å². The van der Waals surface area contributed by atoms with E-state index in [1.807, 2.05) is 24.3 Å². The van der Waals surface area contributed by atoms with Gasteiger partial charge in [0.05, 0.1) is 37.2 Å². The highest BCUT2D eigenvalue weighted by molar-refractivity contribution is 5.90. The van der Waals surface area contributed by atoms with Gasteiger partial charge in [-0.15, -0.1) is 0 Å². The summed E-state index contributed by atoms with van der Waals surface area (Å²) in [6.07, 6.45) is 1.22. The molecule has 1 fully saturated rings. The Morgan fingerprint density at radius 3 is 1.43 bits per heavy atom. The first-order chi connectivity index (χ1) is 16.9. The second-order valence-electron chi connectivity index (χ2n) is 8.33. The van der Waals surface area contributed by atoms with E-state index < -0.39 is 11.8 Å². The summed E-state index contributed by atoms with van der Waals surface area (Å²) in [5, 5.41) is 8.97. The molecule has 186 valence electrons. The fourth-order valence-corrected chi connectivity index (χ4v) is 4.00. The molecule has 35 heavy (non-hydrogen) atoms. The molecule has 2 atom stereocenters. The summed E-state index contributed by atoms with van der Waals surface area (Å²) in [6, 6.07) is 14.1. The largest absolute Gasteiger partial charge is 0.465 e. The molecule has 1 aliphatic heterocycles. The van der Waals surface area contributed by atoms with Gasteiger partial charge in [-0.1, -0.05) is 24.3 Å². The third-order valence-corrected chi connectivity index (χ3v) is 6.06. The van der Waals surface area contributed by atoms with Crippen molar-refractivity contribution < 1.29 is 28.7 Å². The number of carbonyl (C=O) groups excluding carboxylic acids is 4. The Morgan fingerprint density at radius 1 is 0.714 bits per heavy atom. The normalized spacial score (nSPS) is 16.9. The second kappa shape index (κ2) is 12.7. The molecule has 0 bridgehead atoms. The average Bonchev–Trinajstić information content (AvgIpc) is 3.39. The van der Waals surface area contributed by atoms with Crippen LogP contribution >= 0.6 is 0 Å². The van der Waals surface area contributed by atoms with Crippen LogP contribution in [0.5, 0.6) is 0 Å². The van der Waals surface area contributed by atoms with Gasteiger partial charge in [-0.25, -0.2) is 9.59 Å². The van der Waals surface area contributed by atoms with Crippen LogP contribution in [0.3, 0.4) is 0 Å². The van der Waals surface area contributed by atoms with E-state index in [-0.39, 0.29) is 23.8 Å². The maximum atomic E-state index is 12.7.